The van der Waals surface area contributed by atoms with Crippen molar-refractivity contribution in [1.82, 2.24) is 0 Å². The van der Waals surface area contributed by atoms with E-state index in [-0.39, 0.29) is 0 Å². The molecule has 0 aromatic heterocycles. The normalized spacial score (nSPS) is 52.5. The molecule has 3 saturated heterocycles. The van der Waals surface area contributed by atoms with Gasteiger partial charge in [-0.3, -0.25) is 0 Å². The lowest BCUT2D eigenvalue weighted by Gasteiger charge is -2.47. The van der Waals surface area contributed by atoms with E-state index in [9.17, 15) is 56.2 Å². The summed E-state index contributed by atoms with van der Waals surface area (Å²) in [6, 6.07) is 0. The second kappa shape index (κ2) is 11.6. The van der Waals surface area contributed by atoms with Crippen molar-refractivity contribution < 1.29 is 79.9 Å². The molecule has 0 spiro atoms. The van der Waals surface area contributed by atoms with Gasteiger partial charge in [-0.25, -0.2) is 0 Å². The molecular weight excluding hydrogens is 472 g/mol. The zero-order valence-electron chi connectivity index (χ0n) is 17.7. The highest BCUT2D eigenvalue weighted by molar-refractivity contribution is 4.96. The summed E-state index contributed by atoms with van der Waals surface area (Å²) >= 11 is 0. The van der Waals surface area contributed by atoms with E-state index in [1.165, 1.54) is 0 Å². The second-order valence-electron chi connectivity index (χ2n) is 8.33. The van der Waals surface area contributed by atoms with Crippen molar-refractivity contribution in [2.75, 3.05) is 19.8 Å². The Labute approximate surface area is 192 Å². The molecule has 3 rings (SSSR count). The van der Waals surface area contributed by atoms with E-state index in [2.05, 4.69) is 0 Å². The van der Waals surface area contributed by atoms with Crippen LogP contribution in [0.15, 0.2) is 0 Å². The van der Waals surface area contributed by atoms with E-state index in [0.717, 1.165) is 0 Å². The fraction of sp³-hybridized carbons (Fsp3) is 1.00. The lowest BCUT2D eigenvalue weighted by atomic mass is 9.96. The third kappa shape index (κ3) is 5.37. The monoisotopic (exact) mass is 504 g/mol. The Balaban J connectivity index is 1.76. The zero-order chi connectivity index (χ0) is 25.3. The zero-order valence-corrected chi connectivity index (χ0v) is 17.7. The van der Waals surface area contributed by atoms with Gasteiger partial charge in [-0.05, 0) is 0 Å². The largest absolute Gasteiger partial charge is 0.394 e. The minimum Gasteiger partial charge on any atom is -0.394 e. The smallest absolute Gasteiger partial charge is 0.187 e. The van der Waals surface area contributed by atoms with E-state index >= 15 is 0 Å². The van der Waals surface area contributed by atoms with Gasteiger partial charge < -0.3 is 79.9 Å². The fourth-order valence-electron chi connectivity index (χ4n) is 4.04. The predicted octanol–water partition coefficient (Wildman–Crippen LogP) is -7.57. The molecule has 15 unspecified atom stereocenters. The van der Waals surface area contributed by atoms with E-state index in [4.69, 9.17) is 23.7 Å². The number of rotatable bonds is 7. The predicted molar refractivity (Wildman–Crippen MR) is 101 cm³/mol. The minimum atomic E-state index is -1.92. The molecule has 200 valence electrons. The third-order valence-electron chi connectivity index (χ3n) is 6.09. The van der Waals surface area contributed by atoms with Crippen LogP contribution < -0.4 is 0 Å². The quantitative estimate of drug-likeness (QED) is 0.154. The molecule has 0 aromatic rings. The van der Waals surface area contributed by atoms with E-state index in [0.29, 0.717) is 0 Å². The van der Waals surface area contributed by atoms with Crippen LogP contribution in [0.1, 0.15) is 0 Å². The number of hydrogen-bond acceptors (Lipinski definition) is 16. The molecule has 3 fully saturated rings. The Morgan fingerprint density at radius 1 is 0.441 bits per heavy atom. The van der Waals surface area contributed by atoms with Gasteiger partial charge in [0.05, 0.1) is 19.8 Å². The van der Waals surface area contributed by atoms with Crippen LogP contribution in [-0.4, -0.2) is 168 Å². The number of aliphatic hydroxyl groups is 11. The first-order valence-corrected chi connectivity index (χ1v) is 10.6. The van der Waals surface area contributed by atoms with Gasteiger partial charge in [0.25, 0.3) is 0 Å². The SMILES string of the molecule is OCC1OC(OC2C(O)OC(CO)C(OC3OC(CO)C(O)C(O)C3O)C2O)C(O)C(O)C1O. The molecule has 0 aromatic carbocycles. The van der Waals surface area contributed by atoms with Crippen molar-refractivity contribution in [3.8, 4) is 0 Å². The Bertz CT molecular complexity index is 637. The van der Waals surface area contributed by atoms with Gasteiger partial charge >= 0.3 is 0 Å². The van der Waals surface area contributed by atoms with Crippen LogP contribution in [0.4, 0.5) is 0 Å². The maximum atomic E-state index is 10.8. The first-order valence-electron chi connectivity index (χ1n) is 10.6. The van der Waals surface area contributed by atoms with Crippen molar-refractivity contribution in [3.05, 3.63) is 0 Å². The van der Waals surface area contributed by atoms with Gasteiger partial charge in [0.2, 0.25) is 0 Å². The molecule has 3 heterocycles. The van der Waals surface area contributed by atoms with E-state index in [1.807, 2.05) is 0 Å². The maximum absolute atomic E-state index is 10.8. The van der Waals surface area contributed by atoms with Gasteiger partial charge in [-0.2, -0.15) is 0 Å². The van der Waals surface area contributed by atoms with Gasteiger partial charge in [0.15, 0.2) is 18.9 Å². The summed E-state index contributed by atoms with van der Waals surface area (Å²) < 4.78 is 26.4. The number of aliphatic hydroxyl groups excluding tert-OH is 11. The molecule has 0 radical (unpaired) electrons. The Morgan fingerprint density at radius 2 is 0.853 bits per heavy atom. The van der Waals surface area contributed by atoms with Crippen molar-refractivity contribution >= 4 is 0 Å². The standard InChI is InChI=1S/C18H32O16/c19-1-4-7(22)9(24)11(26)17(31-4)33-14-6(3-21)30-16(29)15(13(14)28)34-18-12(27)10(25)8(23)5(2-20)32-18/h4-29H,1-3H2. The van der Waals surface area contributed by atoms with Crippen LogP contribution >= 0.6 is 0 Å². The van der Waals surface area contributed by atoms with Crippen LogP contribution in [0, 0.1) is 0 Å². The first-order chi connectivity index (χ1) is 16.0. The van der Waals surface area contributed by atoms with Gasteiger partial charge in [0.1, 0.15) is 73.2 Å². The third-order valence-corrected chi connectivity index (χ3v) is 6.09. The molecule has 11 N–H and O–H groups in total. The van der Waals surface area contributed by atoms with Crippen LogP contribution in [0.5, 0.6) is 0 Å². The molecule has 16 heteroatoms. The number of hydrogen-bond donors (Lipinski definition) is 11. The highest BCUT2D eigenvalue weighted by Crippen LogP contribution is 2.32. The number of ether oxygens (including phenoxy) is 5. The molecule has 3 aliphatic rings. The molecule has 16 nitrogen and oxygen atoms in total. The fourth-order valence-corrected chi connectivity index (χ4v) is 4.04. The van der Waals surface area contributed by atoms with E-state index in [1.54, 1.807) is 0 Å². The van der Waals surface area contributed by atoms with Gasteiger partial charge in [0, 0.05) is 0 Å². The van der Waals surface area contributed by atoms with Crippen molar-refractivity contribution in [2.24, 2.45) is 0 Å². The van der Waals surface area contributed by atoms with Crippen LogP contribution in [0.3, 0.4) is 0 Å². The Kier molecular flexibility index (Phi) is 9.54. The summed E-state index contributed by atoms with van der Waals surface area (Å²) in [7, 11) is 0. The van der Waals surface area contributed by atoms with Gasteiger partial charge in [-0.15, -0.1) is 0 Å². The molecule has 0 saturated carbocycles. The highest BCUT2D eigenvalue weighted by Gasteiger charge is 2.53. The van der Waals surface area contributed by atoms with Crippen LogP contribution in [0.25, 0.3) is 0 Å². The van der Waals surface area contributed by atoms with Crippen LogP contribution in [0.2, 0.25) is 0 Å². The lowest BCUT2D eigenvalue weighted by Crippen LogP contribution is -2.66. The Hall–Kier alpha value is -0.640. The molecule has 0 bridgehead atoms. The minimum absolute atomic E-state index is 0.750. The average molecular weight is 504 g/mol. The van der Waals surface area contributed by atoms with Crippen molar-refractivity contribution in [2.45, 2.75) is 92.1 Å². The highest BCUT2D eigenvalue weighted by atomic mass is 16.8. The molecule has 0 amide bonds. The van der Waals surface area contributed by atoms with Crippen LogP contribution in [-0.2, 0) is 23.7 Å². The molecule has 3 aliphatic heterocycles. The summed E-state index contributed by atoms with van der Waals surface area (Å²) in [4.78, 5) is 0. The summed E-state index contributed by atoms with van der Waals surface area (Å²) in [6.45, 7) is -2.31. The summed E-state index contributed by atoms with van der Waals surface area (Å²) in [5.41, 5.74) is 0. The molecular formula is C18H32O16. The maximum Gasteiger partial charge on any atom is 0.187 e. The molecule has 34 heavy (non-hydrogen) atoms. The summed E-state index contributed by atoms with van der Waals surface area (Å²) in [5.74, 6) is 0. The first kappa shape index (κ1) is 27.9. The second-order valence-corrected chi connectivity index (χ2v) is 8.33. The lowest BCUT2D eigenvalue weighted by molar-refractivity contribution is -0.382. The molecule has 15 atom stereocenters. The van der Waals surface area contributed by atoms with Crippen molar-refractivity contribution in [1.29, 1.82) is 0 Å². The van der Waals surface area contributed by atoms with Crippen molar-refractivity contribution in [3.63, 3.8) is 0 Å². The Morgan fingerprint density at radius 3 is 1.26 bits per heavy atom. The summed E-state index contributed by atoms with van der Waals surface area (Å²) in [6.07, 6.45) is -25.4. The topological polar surface area (TPSA) is 269 Å². The van der Waals surface area contributed by atoms with Gasteiger partial charge in [-0.1, -0.05) is 0 Å². The van der Waals surface area contributed by atoms with E-state index < -0.39 is 112 Å². The molecule has 0 aliphatic carbocycles. The average Bonchev–Trinajstić information content (AvgIpc) is 2.82. The summed E-state index contributed by atoms with van der Waals surface area (Å²) in [5, 5.41) is 109.